The maximum atomic E-state index is 12.2. The molecule has 1 fully saturated rings. The van der Waals surface area contributed by atoms with Crippen molar-refractivity contribution in [2.45, 2.75) is 54.8 Å². The topological polar surface area (TPSA) is 66.9 Å². The number of amides is 1. The van der Waals surface area contributed by atoms with Gasteiger partial charge >= 0.3 is 0 Å². The predicted molar refractivity (Wildman–Crippen MR) is 99.4 cm³/mol. The molecule has 0 bridgehead atoms. The molecule has 3 rings (SSSR count). The lowest BCUT2D eigenvalue weighted by Gasteiger charge is -2.15. The van der Waals surface area contributed by atoms with E-state index in [2.05, 4.69) is 33.0 Å². The molecule has 1 unspecified atom stereocenters. The molecule has 1 aliphatic carbocycles. The molecule has 2 aromatic rings. The minimum absolute atomic E-state index is 0.0981. The van der Waals surface area contributed by atoms with E-state index in [9.17, 15) is 4.79 Å². The summed E-state index contributed by atoms with van der Waals surface area (Å²) in [6, 6.07) is 10.5. The van der Waals surface area contributed by atoms with E-state index in [-0.39, 0.29) is 11.2 Å². The molecular weight excluding hydrogens is 340 g/mol. The van der Waals surface area contributed by atoms with Gasteiger partial charge in [-0.15, -0.1) is 10.2 Å². The maximum absolute atomic E-state index is 12.2. The Bertz CT molecular complexity index is 656. The molecule has 7 heteroatoms. The number of carbonyl (C=O) groups is 1. The van der Waals surface area contributed by atoms with Crippen LogP contribution in [0.2, 0.25) is 0 Å². The number of carbonyl (C=O) groups excluding carboxylic acids is 1. The van der Waals surface area contributed by atoms with Crippen LogP contribution in [0.1, 0.15) is 38.2 Å². The van der Waals surface area contributed by atoms with Gasteiger partial charge < -0.3 is 10.6 Å². The van der Waals surface area contributed by atoms with Gasteiger partial charge in [0.15, 0.2) is 4.34 Å². The van der Waals surface area contributed by atoms with Gasteiger partial charge in [-0.25, -0.2) is 0 Å². The van der Waals surface area contributed by atoms with Crippen molar-refractivity contribution in [1.29, 1.82) is 0 Å². The second-order valence-electron chi connectivity index (χ2n) is 5.96. The van der Waals surface area contributed by atoms with Crippen molar-refractivity contribution in [2.75, 3.05) is 5.32 Å². The molecule has 0 aliphatic heterocycles. The standard InChI is InChI=1S/C17H22N4OS2/c1-12(15(22)19-14-9-5-6-10-14)23-17-21-20-16(24-17)18-11-13-7-3-2-4-8-13/h2-4,7-8,12,14H,5-6,9-11H2,1H3,(H,18,20)(H,19,22). The smallest absolute Gasteiger partial charge is 0.233 e. The minimum Gasteiger partial charge on any atom is -0.356 e. The lowest BCUT2D eigenvalue weighted by Crippen LogP contribution is -2.37. The fraction of sp³-hybridized carbons (Fsp3) is 0.471. The Kier molecular flexibility index (Phi) is 6.09. The average Bonchev–Trinajstić information content (AvgIpc) is 3.26. The summed E-state index contributed by atoms with van der Waals surface area (Å²) in [5, 5.41) is 15.4. The number of nitrogens with one attached hydrogen (secondary N) is 2. The van der Waals surface area contributed by atoms with Crippen molar-refractivity contribution in [3.05, 3.63) is 35.9 Å². The number of hydrogen-bond donors (Lipinski definition) is 2. The lowest BCUT2D eigenvalue weighted by atomic mass is 10.2. The quantitative estimate of drug-likeness (QED) is 0.735. The molecule has 128 valence electrons. The van der Waals surface area contributed by atoms with Gasteiger partial charge in [0.25, 0.3) is 0 Å². The van der Waals surface area contributed by atoms with Crippen LogP contribution in [0.4, 0.5) is 5.13 Å². The number of benzene rings is 1. The fourth-order valence-electron chi connectivity index (χ4n) is 2.70. The number of aromatic nitrogens is 2. The summed E-state index contributed by atoms with van der Waals surface area (Å²) in [6.07, 6.45) is 4.66. The van der Waals surface area contributed by atoms with E-state index in [0.29, 0.717) is 6.04 Å². The van der Waals surface area contributed by atoms with Crippen LogP contribution in [-0.2, 0) is 11.3 Å². The largest absolute Gasteiger partial charge is 0.356 e. The van der Waals surface area contributed by atoms with Crippen molar-refractivity contribution in [1.82, 2.24) is 15.5 Å². The normalized spacial score (nSPS) is 16.0. The maximum Gasteiger partial charge on any atom is 0.233 e. The van der Waals surface area contributed by atoms with Gasteiger partial charge in [0.2, 0.25) is 11.0 Å². The van der Waals surface area contributed by atoms with Crippen molar-refractivity contribution < 1.29 is 4.79 Å². The first-order chi connectivity index (χ1) is 11.7. The van der Waals surface area contributed by atoms with Crippen molar-refractivity contribution in [2.24, 2.45) is 0 Å². The summed E-state index contributed by atoms with van der Waals surface area (Å²) < 4.78 is 0.819. The molecule has 1 saturated carbocycles. The Hall–Kier alpha value is -1.60. The zero-order chi connectivity index (χ0) is 16.8. The highest BCUT2D eigenvalue weighted by atomic mass is 32.2. The zero-order valence-corrected chi connectivity index (χ0v) is 15.3. The molecule has 2 N–H and O–H groups in total. The Morgan fingerprint density at radius 2 is 2.04 bits per heavy atom. The molecule has 1 amide bonds. The van der Waals surface area contributed by atoms with Crippen LogP contribution in [0.15, 0.2) is 34.7 Å². The third-order valence-electron chi connectivity index (χ3n) is 4.04. The van der Waals surface area contributed by atoms with E-state index < -0.39 is 0 Å². The Morgan fingerprint density at radius 1 is 1.29 bits per heavy atom. The van der Waals surface area contributed by atoms with Crippen LogP contribution >= 0.6 is 23.1 Å². The molecule has 0 spiro atoms. The first kappa shape index (κ1) is 17.2. The second kappa shape index (κ2) is 8.48. The van der Waals surface area contributed by atoms with Gasteiger partial charge in [-0.2, -0.15) is 0 Å². The van der Waals surface area contributed by atoms with Gasteiger partial charge in [-0.1, -0.05) is 66.3 Å². The Labute approximate surface area is 150 Å². The molecule has 1 heterocycles. The first-order valence-electron chi connectivity index (χ1n) is 8.29. The van der Waals surface area contributed by atoms with Gasteiger partial charge in [0.05, 0.1) is 5.25 Å². The van der Waals surface area contributed by atoms with Gasteiger partial charge in [-0.3, -0.25) is 4.79 Å². The third-order valence-corrected chi connectivity index (χ3v) is 6.11. The molecule has 1 aliphatic rings. The highest BCUT2D eigenvalue weighted by Crippen LogP contribution is 2.29. The third kappa shape index (κ3) is 4.95. The Balaban J connectivity index is 1.47. The molecule has 0 saturated heterocycles. The van der Waals surface area contributed by atoms with Crippen LogP contribution in [-0.4, -0.2) is 27.4 Å². The fourth-order valence-corrected chi connectivity index (χ4v) is 4.60. The molecular formula is C17H22N4OS2. The number of thioether (sulfide) groups is 1. The van der Waals surface area contributed by atoms with Crippen molar-refractivity contribution in [3.63, 3.8) is 0 Å². The molecule has 5 nitrogen and oxygen atoms in total. The summed E-state index contributed by atoms with van der Waals surface area (Å²) in [5.41, 5.74) is 1.20. The van der Waals surface area contributed by atoms with Crippen LogP contribution in [0.3, 0.4) is 0 Å². The van der Waals surface area contributed by atoms with Gasteiger partial charge in [0.1, 0.15) is 0 Å². The monoisotopic (exact) mass is 362 g/mol. The van der Waals surface area contributed by atoms with Crippen LogP contribution in [0, 0.1) is 0 Å². The summed E-state index contributed by atoms with van der Waals surface area (Å²) in [6.45, 7) is 2.64. The summed E-state index contributed by atoms with van der Waals surface area (Å²) in [7, 11) is 0. The molecule has 1 atom stereocenters. The second-order valence-corrected chi connectivity index (χ2v) is 8.53. The van der Waals surface area contributed by atoms with Gasteiger partial charge in [-0.05, 0) is 25.3 Å². The van der Waals surface area contributed by atoms with Crippen LogP contribution < -0.4 is 10.6 Å². The number of nitrogens with zero attached hydrogens (tertiary/aromatic N) is 2. The minimum atomic E-state index is -0.152. The first-order valence-corrected chi connectivity index (χ1v) is 9.98. The van der Waals surface area contributed by atoms with E-state index in [1.165, 1.54) is 41.5 Å². The summed E-state index contributed by atoms with van der Waals surface area (Å²) >= 11 is 2.96. The average molecular weight is 363 g/mol. The number of rotatable bonds is 7. The van der Waals surface area contributed by atoms with E-state index in [1.807, 2.05) is 25.1 Å². The molecule has 0 radical (unpaired) electrons. The molecule has 1 aromatic carbocycles. The van der Waals surface area contributed by atoms with Gasteiger partial charge in [0, 0.05) is 12.6 Å². The summed E-state index contributed by atoms with van der Waals surface area (Å²) in [4.78, 5) is 12.2. The highest BCUT2D eigenvalue weighted by Gasteiger charge is 2.22. The lowest BCUT2D eigenvalue weighted by molar-refractivity contribution is -0.120. The molecule has 1 aromatic heterocycles. The van der Waals surface area contributed by atoms with Crippen LogP contribution in [0.5, 0.6) is 0 Å². The Morgan fingerprint density at radius 3 is 2.79 bits per heavy atom. The van der Waals surface area contributed by atoms with E-state index in [1.54, 1.807) is 0 Å². The number of hydrogen-bond acceptors (Lipinski definition) is 6. The number of anilines is 1. The highest BCUT2D eigenvalue weighted by molar-refractivity contribution is 8.02. The van der Waals surface area contributed by atoms with E-state index >= 15 is 0 Å². The molecule has 24 heavy (non-hydrogen) atoms. The van der Waals surface area contributed by atoms with Crippen molar-refractivity contribution in [3.8, 4) is 0 Å². The van der Waals surface area contributed by atoms with E-state index in [0.717, 1.165) is 28.9 Å². The summed E-state index contributed by atoms with van der Waals surface area (Å²) in [5.74, 6) is 0.0981. The predicted octanol–water partition coefficient (Wildman–Crippen LogP) is 3.69. The zero-order valence-electron chi connectivity index (χ0n) is 13.7. The van der Waals surface area contributed by atoms with E-state index in [4.69, 9.17) is 0 Å². The van der Waals surface area contributed by atoms with Crippen molar-refractivity contribution >= 4 is 34.1 Å². The van der Waals surface area contributed by atoms with Crippen LogP contribution in [0.25, 0.3) is 0 Å². The SMILES string of the molecule is CC(Sc1nnc(NCc2ccccc2)s1)C(=O)NC1CCCC1.